The van der Waals surface area contributed by atoms with E-state index in [1.165, 1.54) is 6.07 Å². The van der Waals surface area contributed by atoms with E-state index in [-0.39, 0.29) is 6.54 Å². The number of hydrogen-bond acceptors (Lipinski definition) is 2. The van der Waals surface area contributed by atoms with Crippen LogP contribution >= 0.6 is 0 Å². The monoisotopic (exact) mass is 358 g/mol. The standard InChI is InChI=1S/C18H29F3N4/c1-13(2)25(14(3)4)10-9-23-17(22-5)24-12-15-7-6-8-16(11-15)18(19,20)21/h6-8,11,13-14H,9-10,12H2,1-5H3,(H2,22,23,24). The first-order valence-corrected chi connectivity index (χ1v) is 8.51. The van der Waals surface area contributed by atoms with Gasteiger partial charge in [-0.15, -0.1) is 0 Å². The fourth-order valence-electron chi connectivity index (χ4n) is 2.68. The zero-order chi connectivity index (χ0) is 19.0. The summed E-state index contributed by atoms with van der Waals surface area (Å²) >= 11 is 0. The number of alkyl halides is 3. The minimum absolute atomic E-state index is 0.279. The third-order valence-electron chi connectivity index (χ3n) is 3.93. The molecule has 1 aromatic rings. The van der Waals surface area contributed by atoms with Crippen molar-refractivity contribution in [2.45, 2.75) is 52.5 Å². The molecule has 0 unspecified atom stereocenters. The molecule has 0 saturated heterocycles. The summed E-state index contributed by atoms with van der Waals surface area (Å²) in [5, 5.41) is 6.25. The molecule has 0 fully saturated rings. The number of rotatable bonds is 7. The SMILES string of the molecule is CN=C(NCCN(C(C)C)C(C)C)NCc1cccc(C(F)(F)F)c1. The van der Waals surface area contributed by atoms with Crippen LogP contribution in [0.2, 0.25) is 0 Å². The Morgan fingerprint density at radius 2 is 1.76 bits per heavy atom. The van der Waals surface area contributed by atoms with Crippen molar-refractivity contribution in [1.29, 1.82) is 0 Å². The van der Waals surface area contributed by atoms with Gasteiger partial charge in [-0.2, -0.15) is 13.2 Å². The van der Waals surface area contributed by atoms with Crippen molar-refractivity contribution < 1.29 is 13.2 Å². The maximum absolute atomic E-state index is 12.7. The number of hydrogen-bond donors (Lipinski definition) is 2. The minimum Gasteiger partial charge on any atom is -0.355 e. The summed E-state index contributed by atoms with van der Waals surface area (Å²) in [5.41, 5.74) is -0.0805. The Hall–Kier alpha value is -1.76. The van der Waals surface area contributed by atoms with Crippen LogP contribution in [0.25, 0.3) is 0 Å². The summed E-state index contributed by atoms with van der Waals surface area (Å²) < 4.78 is 38.2. The summed E-state index contributed by atoms with van der Waals surface area (Å²) in [6.45, 7) is 10.5. The van der Waals surface area contributed by atoms with E-state index in [4.69, 9.17) is 0 Å². The molecule has 0 amide bonds. The normalized spacial score (nSPS) is 13.0. The van der Waals surface area contributed by atoms with Crippen molar-refractivity contribution in [3.63, 3.8) is 0 Å². The number of guanidine groups is 1. The highest BCUT2D eigenvalue weighted by Crippen LogP contribution is 2.29. The third kappa shape index (κ3) is 7.34. The van der Waals surface area contributed by atoms with Gasteiger partial charge < -0.3 is 10.6 Å². The molecule has 0 atom stereocenters. The van der Waals surface area contributed by atoms with Gasteiger partial charge in [0.1, 0.15) is 0 Å². The first-order valence-electron chi connectivity index (χ1n) is 8.51. The Labute approximate surface area is 148 Å². The fraction of sp³-hybridized carbons (Fsp3) is 0.611. The average molecular weight is 358 g/mol. The minimum atomic E-state index is -4.33. The molecule has 0 bridgehead atoms. The molecular weight excluding hydrogens is 329 g/mol. The van der Waals surface area contributed by atoms with Gasteiger partial charge in [-0.1, -0.05) is 12.1 Å². The van der Waals surface area contributed by atoms with E-state index in [0.29, 0.717) is 30.2 Å². The zero-order valence-electron chi connectivity index (χ0n) is 15.6. The number of benzene rings is 1. The van der Waals surface area contributed by atoms with Crippen LogP contribution in [-0.2, 0) is 12.7 Å². The molecule has 0 saturated carbocycles. The smallest absolute Gasteiger partial charge is 0.355 e. The molecule has 1 aromatic carbocycles. The second-order valence-electron chi connectivity index (χ2n) is 6.48. The molecule has 1 rings (SSSR count). The van der Waals surface area contributed by atoms with Gasteiger partial charge in [-0.05, 0) is 45.4 Å². The molecule has 7 heteroatoms. The van der Waals surface area contributed by atoms with Crippen molar-refractivity contribution in [2.75, 3.05) is 20.1 Å². The molecule has 0 heterocycles. The number of halogens is 3. The molecule has 0 radical (unpaired) electrons. The Bertz CT molecular complexity index is 545. The third-order valence-corrected chi connectivity index (χ3v) is 3.93. The van der Waals surface area contributed by atoms with E-state index in [1.54, 1.807) is 13.1 Å². The number of aliphatic imine (C=N–C) groups is 1. The van der Waals surface area contributed by atoms with Crippen LogP contribution in [0.5, 0.6) is 0 Å². The Balaban J connectivity index is 2.53. The van der Waals surface area contributed by atoms with E-state index in [2.05, 4.69) is 48.2 Å². The molecule has 0 spiro atoms. The van der Waals surface area contributed by atoms with Crippen molar-refractivity contribution in [3.8, 4) is 0 Å². The van der Waals surface area contributed by atoms with Crippen molar-refractivity contribution in [1.82, 2.24) is 15.5 Å². The van der Waals surface area contributed by atoms with Crippen LogP contribution < -0.4 is 10.6 Å². The van der Waals surface area contributed by atoms with Gasteiger partial charge in [0, 0.05) is 38.8 Å². The second-order valence-corrected chi connectivity index (χ2v) is 6.48. The Morgan fingerprint density at radius 3 is 2.28 bits per heavy atom. The van der Waals surface area contributed by atoms with E-state index >= 15 is 0 Å². The molecule has 0 aromatic heterocycles. The lowest BCUT2D eigenvalue weighted by Crippen LogP contribution is -2.45. The predicted molar refractivity (Wildman–Crippen MR) is 96.6 cm³/mol. The van der Waals surface area contributed by atoms with Crippen LogP contribution in [0.4, 0.5) is 13.2 Å². The summed E-state index contributed by atoms with van der Waals surface area (Å²) in [6.07, 6.45) is -4.33. The first kappa shape index (κ1) is 21.3. The Kier molecular flexibility index (Phi) is 8.22. The molecule has 2 N–H and O–H groups in total. The van der Waals surface area contributed by atoms with Crippen LogP contribution in [0.3, 0.4) is 0 Å². The largest absolute Gasteiger partial charge is 0.416 e. The first-order chi connectivity index (χ1) is 11.6. The summed E-state index contributed by atoms with van der Waals surface area (Å²) in [4.78, 5) is 6.47. The average Bonchev–Trinajstić information content (AvgIpc) is 2.53. The number of nitrogens with one attached hydrogen (secondary N) is 2. The van der Waals surface area contributed by atoms with Gasteiger partial charge in [0.05, 0.1) is 5.56 Å². The molecule has 142 valence electrons. The second kappa shape index (κ2) is 9.65. The van der Waals surface area contributed by atoms with Crippen LogP contribution in [0.15, 0.2) is 29.3 Å². The van der Waals surface area contributed by atoms with E-state index in [0.717, 1.165) is 18.7 Å². The summed E-state index contributed by atoms with van der Waals surface area (Å²) in [5.74, 6) is 0.574. The van der Waals surface area contributed by atoms with Crippen LogP contribution in [0.1, 0.15) is 38.8 Å². The lowest BCUT2D eigenvalue weighted by molar-refractivity contribution is -0.137. The van der Waals surface area contributed by atoms with Gasteiger partial charge in [0.25, 0.3) is 0 Å². The highest BCUT2D eigenvalue weighted by Gasteiger charge is 2.30. The van der Waals surface area contributed by atoms with Gasteiger partial charge in [0.2, 0.25) is 0 Å². The van der Waals surface area contributed by atoms with E-state index in [9.17, 15) is 13.2 Å². The number of nitrogens with zero attached hydrogens (tertiary/aromatic N) is 2. The van der Waals surface area contributed by atoms with Crippen molar-refractivity contribution in [3.05, 3.63) is 35.4 Å². The summed E-state index contributed by atoms with van der Waals surface area (Å²) in [7, 11) is 1.64. The fourth-order valence-corrected chi connectivity index (χ4v) is 2.68. The molecule has 0 aliphatic carbocycles. The van der Waals surface area contributed by atoms with E-state index in [1.807, 2.05) is 0 Å². The van der Waals surface area contributed by atoms with Crippen LogP contribution in [-0.4, -0.2) is 43.1 Å². The van der Waals surface area contributed by atoms with Crippen molar-refractivity contribution >= 4 is 5.96 Å². The zero-order valence-corrected chi connectivity index (χ0v) is 15.6. The summed E-state index contributed by atoms with van der Waals surface area (Å²) in [6, 6.07) is 6.19. The lowest BCUT2D eigenvalue weighted by atomic mass is 10.1. The molecule has 4 nitrogen and oxygen atoms in total. The molecule has 25 heavy (non-hydrogen) atoms. The van der Waals surface area contributed by atoms with Gasteiger partial charge in [-0.3, -0.25) is 9.89 Å². The highest BCUT2D eigenvalue weighted by molar-refractivity contribution is 5.79. The lowest BCUT2D eigenvalue weighted by Gasteiger charge is -2.30. The Morgan fingerprint density at radius 1 is 1.12 bits per heavy atom. The topological polar surface area (TPSA) is 39.7 Å². The maximum Gasteiger partial charge on any atom is 0.416 e. The maximum atomic E-state index is 12.7. The van der Waals surface area contributed by atoms with Crippen molar-refractivity contribution in [2.24, 2.45) is 4.99 Å². The molecule has 0 aliphatic heterocycles. The predicted octanol–water partition coefficient (Wildman–Crippen LogP) is 3.49. The highest BCUT2D eigenvalue weighted by atomic mass is 19.4. The van der Waals surface area contributed by atoms with Gasteiger partial charge in [-0.25, -0.2) is 0 Å². The molecular formula is C18H29F3N4. The van der Waals surface area contributed by atoms with Gasteiger partial charge in [0.15, 0.2) is 5.96 Å². The quantitative estimate of drug-likeness (QED) is 0.579. The molecule has 0 aliphatic rings. The van der Waals surface area contributed by atoms with E-state index < -0.39 is 11.7 Å². The van der Waals surface area contributed by atoms with Crippen LogP contribution in [0, 0.1) is 0 Å². The van der Waals surface area contributed by atoms with Gasteiger partial charge >= 0.3 is 6.18 Å².